The fraction of sp³-hybridized carbons (Fsp3) is 0.588. The molecule has 1 aromatic heterocycles. The Hall–Kier alpha value is -1.31. The second-order valence-corrected chi connectivity index (χ2v) is 12.3. The number of aromatic nitrogens is 1. The maximum Gasteiger partial charge on any atom is 0.129 e. The molecule has 0 unspecified atom stereocenters. The van der Waals surface area contributed by atoms with Crippen LogP contribution in [0.15, 0.2) is 18.3 Å². The zero-order valence-corrected chi connectivity index (χ0v) is 15.2. The van der Waals surface area contributed by atoms with E-state index in [0.717, 1.165) is 31.0 Å². The van der Waals surface area contributed by atoms with E-state index in [9.17, 15) is 0 Å². The zero-order valence-electron chi connectivity index (χ0n) is 14.2. The first-order valence-electron chi connectivity index (χ1n) is 7.63. The molecule has 2 heterocycles. The zero-order chi connectivity index (χ0) is 15.7. The van der Waals surface area contributed by atoms with Crippen molar-refractivity contribution >= 4 is 13.9 Å². The molecule has 2 rings (SSSR count). The van der Waals surface area contributed by atoms with Crippen molar-refractivity contribution in [2.45, 2.75) is 45.4 Å². The first-order valence-corrected chi connectivity index (χ1v) is 11.1. The molecular weight excluding hydrogens is 274 g/mol. The SMILES string of the molecule is CN1CN(c2ccc(C#C[Si](C)(C)C)cn2)CCC1(C)C. The summed E-state index contributed by atoms with van der Waals surface area (Å²) in [6.07, 6.45) is 3.06. The molecule has 3 nitrogen and oxygen atoms in total. The highest BCUT2D eigenvalue weighted by Crippen LogP contribution is 2.25. The molecule has 0 aromatic carbocycles. The average molecular weight is 302 g/mol. The second-order valence-electron chi connectivity index (χ2n) is 7.57. The van der Waals surface area contributed by atoms with Gasteiger partial charge in [0, 0.05) is 23.8 Å². The van der Waals surface area contributed by atoms with Crippen LogP contribution in [0.3, 0.4) is 0 Å². The van der Waals surface area contributed by atoms with E-state index in [1.165, 1.54) is 0 Å². The molecule has 1 fully saturated rings. The molecule has 1 aliphatic heterocycles. The van der Waals surface area contributed by atoms with Gasteiger partial charge in [0.15, 0.2) is 0 Å². The minimum atomic E-state index is -1.32. The monoisotopic (exact) mass is 301 g/mol. The molecule has 1 aromatic rings. The van der Waals surface area contributed by atoms with Crippen LogP contribution in [0.4, 0.5) is 5.82 Å². The highest BCUT2D eigenvalue weighted by molar-refractivity contribution is 6.83. The lowest BCUT2D eigenvalue weighted by Crippen LogP contribution is -2.54. The van der Waals surface area contributed by atoms with Crippen LogP contribution in [0.5, 0.6) is 0 Å². The Morgan fingerprint density at radius 3 is 2.48 bits per heavy atom. The van der Waals surface area contributed by atoms with E-state index in [1.807, 2.05) is 6.20 Å². The van der Waals surface area contributed by atoms with Gasteiger partial charge in [0.25, 0.3) is 0 Å². The lowest BCUT2D eigenvalue weighted by atomic mass is 9.96. The van der Waals surface area contributed by atoms with E-state index in [-0.39, 0.29) is 5.54 Å². The van der Waals surface area contributed by atoms with Crippen LogP contribution in [0.1, 0.15) is 25.8 Å². The van der Waals surface area contributed by atoms with Gasteiger partial charge in [-0.05, 0) is 39.4 Å². The number of rotatable bonds is 1. The lowest BCUT2D eigenvalue weighted by molar-refractivity contribution is 0.119. The highest BCUT2D eigenvalue weighted by Gasteiger charge is 2.30. The van der Waals surface area contributed by atoms with E-state index in [0.29, 0.717) is 0 Å². The summed E-state index contributed by atoms with van der Waals surface area (Å²) in [5.41, 5.74) is 4.68. The van der Waals surface area contributed by atoms with Crippen molar-refractivity contribution in [2.24, 2.45) is 0 Å². The molecule has 0 radical (unpaired) electrons. The minimum Gasteiger partial charge on any atom is -0.344 e. The lowest BCUT2D eigenvalue weighted by Gasteiger charge is -2.45. The fourth-order valence-electron chi connectivity index (χ4n) is 2.21. The van der Waals surface area contributed by atoms with Crippen LogP contribution in [0.2, 0.25) is 19.6 Å². The molecule has 0 spiro atoms. The summed E-state index contributed by atoms with van der Waals surface area (Å²) in [5, 5.41) is 0. The number of pyridine rings is 1. The molecule has 21 heavy (non-hydrogen) atoms. The smallest absolute Gasteiger partial charge is 0.129 e. The molecular formula is C17H27N3Si. The predicted molar refractivity (Wildman–Crippen MR) is 93.1 cm³/mol. The van der Waals surface area contributed by atoms with Gasteiger partial charge in [-0.15, -0.1) is 5.54 Å². The summed E-state index contributed by atoms with van der Waals surface area (Å²) in [6, 6.07) is 4.19. The number of anilines is 1. The molecule has 114 valence electrons. The first-order chi connectivity index (χ1) is 9.67. The first kappa shape index (κ1) is 16.1. The van der Waals surface area contributed by atoms with Gasteiger partial charge in [0.2, 0.25) is 0 Å². The third kappa shape index (κ3) is 4.32. The molecule has 0 bridgehead atoms. The van der Waals surface area contributed by atoms with Crippen molar-refractivity contribution in [3.63, 3.8) is 0 Å². The Morgan fingerprint density at radius 2 is 1.95 bits per heavy atom. The van der Waals surface area contributed by atoms with E-state index < -0.39 is 8.07 Å². The van der Waals surface area contributed by atoms with Crippen molar-refractivity contribution in [3.05, 3.63) is 23.9 Å². The normalized spacial score (nSPS) is 19.0. The van der Waals surface area contributed by atoms with E-state index in [4.69, 9.17) is 0 Å². The van der Waals surface area contributed by atoms with Crippen LogP contribution in [-0.2, 0) is 0 Å². The summed E-state index contributed by atoms with van der Waals surface area (Å²) in [4.78, 5) is 9.32. The molecule has 0 atom stereocenters. The van der Waals surface area contributed by atoms with E-state index >= 15 is 0 Å². The minimum absolute atomic E-state index is 0.277. The van der Waals surface area contributed by atoms with Gasteiger partial charge in [0.1, 0.15) is 13.9 Å². The van der Waals surface area contributed by atoms with E-state index in [2.05, 4.69) is 78.9 Å². The van der Waals surface area contributed by atoms with E-state index in [1.54, 1.807) is 0 Å². The van der Waals surface area contributed by atoms with Gasteiger partial charge in [-0.1, -0.05) is 25.6 Å². The van der Waals surface area contributed by atoms with Crippen LogP contribution >= 0.6 is 0 Å². The standard InChI is InChI=1S/C17H27N3Si/c1-17(2)10-11-20(14-19(17)3)16-8-7-15(13-18-16)9-12-21(4,5)6/h7-8,13H,10-11,14H2,1-6H3. The molecule has 4 heteroatoms. The molecule has 0 amide bonds. The van der Waals surface area contributed by atoms with Crippen molar-refractivity contribution in [2.75, 3.05) is 25.2 Å². The van der Waals surface area contributed by atoms with Crippen molar-refractivity contribution in [1.29, 1.82) is 0 Å². The Balaban J connectivity index is 2.08. The van der Waals surface area contributed by atoms with Gasteiger partial charge < -0.3 is 4.90 Å². The average Bonchev–Trinajstić information content (AvgIpc) is 2.39. The summed E-state index contributed by atoms with van der Waals surface area (Å²) < 4.78 is 0. The Kier molecular flexibility index (Phi) is 4.45. The largest absolute Gasteiger partial charge is 0.344 e. The predicted octanol–water partition coefficient (Wildman–Crippen LogP) is 3.19. The summed E-state index contributed by atoms with van der Waals surface area (Å²) >= 11 is 0. The second kappa shape index (κ2) is 5.82. The Labute approximate surface area is 130 Å². The maximum atomic E-state index is 4.60. The third-order valence-corrected chi connectivity index (χ3v) is 4.94. The fourth-order valence-corrected chi connectivity index (χ4v) is 2.73. The quantitative estimate of drug-likeness (QED) is 0.586. The van der Waals surface area contributed by atoms with Crippen molar-refractivity contribution in [3.8, 4) is 11.5 Å². The van der Waals surface area contributed by atoms with Gasteiger partial charge in [-0.25, -0.2) is 4.98 Å². The number of nitrogens with zero attached hydrogens (tertiary/aromatic N) is 3. The van der Waals surface area contributed by atoms with Crippen molar-refractivity contribution < 1.29 is 0 Å². The topological polar surface area (TPSA) is 19.4 Å². The van der Waals surface area contributed by atoms with Gasteiger partial charge >= 0.3 is 0 Å². The van der Waals surface area contributed by atoms with Crippen LogP contribution < -0.4 is 4.90 Å². The molecule has 0 N–H and O–H groups in total. The highest BCUT2D eigenvalue weighted by atomic mass is 28.3. The summed E-state index contributed by atoms with van der Waals surface area (Å²) in [7, 11) is 0.864. The van der Waals surface area contributed by atoms with Crippen LogP contribution in [0, 0.1) is 11.5 Å². The third-order valence-electron chi connectivity index (χ3n) is 4.06. The maximum absolute atomic E-state index is 4.60. The molecule has 1 saturated heterocycles. The Morgan fingerprint density at radius 1 is 1.24 bits per heavy atom. The summed E-state index contributed by atoms with van der Waals surface area (Å²) in [6.45, 7) is 13.4. The number of hydrogen-bond acceptors (Lipinski definition) is 3. The molecule has 0 saturated carbocycles. The van der Waals surface area contributed by atoms with Gasteiger partial charge in [-0.2, -0.15) is 0 Å². The van der Waals surface area contributed by atoms with Crippen LogP contribution in [0.25, 0.3) is 0 Å². The Bertz CT molecular complexity index is 546. The molecule has 1 aliphatic rings. The van der Waals surface area contributed by atoms with Crippen molar-refractivity contribution in [1.82, 2.24) is 9.88 Å². The molecule has 0 aliphatic carbocycles. The summed E-state index contributed by atoms with van der Waals surface area (Å²) in [5.74, 6) is 4.31. The van der Waals surface area contributed by atoms with Gasteiger partial charge in [0.05, 0.1) is 6.67 Å². The van der Waals surface area contributed by atoms with Crippen LogP contribution in [-0.4, -0.2) is 43.8 Å². The number of hydrogen-bond donors (Lipinski definition) is 0. The van der Waals surface area contributed by atoms with Gasteiger partial charge in [-0.3, -0.25) is 4.90 Å².